The van der Waals surface area contributed by atoms with Crippen LogP contribution >= 0.6 is 0 Å². The number of imidazole rings is 1. The van der Waals surface area contributed by atoms with Gasteiger partial charge in [0.25, 0.3) is 0 Å². The molecule has 4 heterocycles. The van der Waals surface area contributed by atoms with E-state index in [1.165, 1.54) is 18.4 Å². The van der Waals surface area contributed by atoms with Crippen molar-refractivity contribution in [1.82, 2.24) is 24.8 Å². The summed E-state index contributed by atoms with van der Waals surface area (Å²) < 4.78 is 8.23. The van der Waals surface area contributed by atoms with Crippen LogP contribution < -0.4 is 5.32 Å². The molecule has 0 aromatic carbocycles. The van der Waals surface area contributed by atoms with E-state index in [0.717, 1.165) is 45.0 Å². The topological polar surface area (TPSA) is 55.2 Å². The molecule has 2 fully saturated rings. The Morgan fingerprint density at radius 1 is 1.23 bits per heavy atom. The molecule has 2 saturated heterocycles. The SMILES string of the molecule is CCn1ccnc1[C@H]1OCC[C@@H]1NC1CCN(Cc2cccnc2)CC1. The van der Waals surface area contributed by atoms with Crippen LogP contribution in [0.3, 0.4) is 0 Å². The molecule has 140 valence electrons. The van der Waals surface area contributed by atoms with Gasteiger partial charge in [0, 0.05) is 56.6 Å². The van der Waals surface area contributed by atoms with E-state index in [2.05, 4.69) is 37.7 Å². The predicted molar refractivity (Wildman–Crippen MR) is 101 cm³/mol. The lowest BCUT2D eigenvalue weighted by atomic mass is 10.0. The minimum atomic E-state index is 0.0818. The van der Waals surface area contributed by atoms with E-state index in [-0.39, 0.29) is 6.10 Å². The van der Waals surface area contributed by atoms with Gasteiger partial charge in [0.05, 0.1) is 0 Å². The molecule has 0 bridgehead atoms. The van der Waals surface area contributed by atoms with Gasteiger partial charge in [-0.2, -0.15) is 0 Å². The fourth-order valence-electron chi connectivity index (χ4n) is 4.17. The molecule has 0 spiro atoms. The molecule has 2 aliphatic rings. The highest BCUT2D eigenvalue weighted by atomic mass is 16.5. The van der Waals surface area contributed by atoms with Gasteiger partial charge in [-0.1, -0.05) is 6.07 Å². The Labute approximate surface area is 155 Å². The van der Waals surface area contributed by atoms with Crippen LogP contribution in [0, 0.1) is 0 Å². The molecule has 0 aliphatic carbocycles. The van der Waals surface area contributed by atoms with E-state index in [4.69, 9.17) is 4.74 Å². The van der Waals surface area contributed by atoms with Crippen LogP contribution in [0.4, 0.5) is 0 Å². The van der Waals surface area contributed by atoms with Crippen LogP contribution in [-0.2, 0) is 17.8 Å². The average Bonchev–Trinajstić information content (AvgIpc) is 3.32. The maximum absolute atomic E-state index is 6.03. The van der Waals surface area contributed by atoms with Gasteiger partial charge in [-0.3, -0.25) is 9.88 Å². The first-order valence-corrected chi connectivity index (χ1v) is 9.83. The zero-order chi connectivity index (χ0) is 17.8. The fourth-order valence-corrected chi connectivity index (χ4v) is 4.17. The largest absolute Gasteiger partial charge is 0.369 e. The summed E-state index contributed by atoms with van der Waals surface area (Å²) in [4.78, 5) is 11.3. The van der Waals surface area contributed by atoms with E-state index in [9.17, 15) is 0 Å². The van der Waals surface area contributed by atoms with Crippen molar-refractivity contribution in [2.75, 3.05) is 19.7 Å². The first-order valence-electron chi connectivity index (χ1n) is 9.83. The first kappa shape index (κ1) is 17.6. The maximum Gasteiger partial charge on any atom is 0.139 e. The number of aryl methyl sites for hydroxylation is 1. The highest BCUT2D eigenvalue weighted by molar-refractivity contribution is 5.08. The molecule has 6 heteroatoms. The third kappa shape index (κ3) is 3.98. The van der Waals surface area contributed by atoms with Gasteiger partial charge >= 0.3 is 0 Å². The van der Waals surface area contributed by atoms with Gasteiger partial charge < -0.3 is 14.6 Å². The third-order valence-corrected chi connectivity index (χ3v) is 5.60. The normalized spacial score (nSPS) is 25.0. The van der Waals surface area contributed by atoms with Gasteiger partial charge in [-0.05, 0) is 50.9 Å². The monoisotopic (exact) mass is 355 g/mol. The summed E-state index contributed by atoms with van der Waals surface area (Å²) in [6, 6.07) is 5.12. The van der Waals surface area contributed by atoms with Crippen molar-refractivity contribution in [3.8, 4) is 0 Å². The lowest BCUT2D eigenvalue weighted by Crippen LogP contribution is -2.47. The van der Waals surface area contributed by atoms with Gasteiger partial charge in [0.1, 0.15) is 11.9 Å². The number of aromatic nitrogens is 3. The highest BCUT2D eigenvalue weighted by Gasteiger charge is 2.34. The standard InChI is InChI=1S/C20H29N5O/c1-2-25-12-9-22-20(25)19-18(7-13-26-19)23-17-5-10-24(11-6-17)15-16-4-3-8-21-14-16/h3-4,8-9,12,14,17-19,23H,2,5-7,10-11,13,15H2,1H3/t18-,19-/m0/s1. The minimum absolute atomic E-state index is 0.0818. The zero-order valence-corrected chi connectivity index (χ0v) is 15.6. The maximum atomic E-state index is 6.03. The number of nitrogens with zero attached hydrogens (tertiary/aromatic N) is 4. The van der Waals surface area contributed by atoms with Crippen molar-refractivity contribution < 1.29 is 4.74 Å². The summed E-state index contributed by atoms with van der Waals surface area (Å²) >= 11 is 0. The number of rotatable bonds is 6. The van der Waals surface area contributed by atoms with Gasteiger partial charge in [-0.25, -0.2) is 4.98 Å². The Morgan fingerprint density at radius 3 is 2.88 bits per heavy atom. The molecule has 2 aromatic heterocycles. The highest BCUT2D eigenvalue weighted by Crippen LogP contribution is 2.29. The molecule has 0 saturated carbocycles. The van der Waals surface area contributed by atoms with Gasteiger partial charge in [0.15, 0.2) is 0 Å². The first-order chi connectivity index (χ1) is 12.8. The van der Waals surface area contributed by atoms with Crippen LogP contribution in [0.15, 0.2) is 36.9 Å². The smallest absolute Gasteiger partial charge is 0.139 e. The number of pyridine rings is 1. The zero-order valence-electron chi connectivity index (χ0n) is 15.6. The second-order valence-corrected chi connectivity index (χ2v) is 7.34. The lowest BCUT2D eigenvalue weighted by molar-refractivity contribution is 0.0825. The molecule has 1 N–H and O–H groups in total. The molecule has 0 unspecified atom stereocenters. The Morgan fingerprint density at radius 2 is 2.12 bits per heavy atom. The van der Waals surface area contributed by atoms with E-state index >= 15 is 0 Å². The summed E-state index contributed by atoms with van der Waals surface area (Å²) in [6.07, 6.45) is 11.3. The van der Waals surface area contributed by atoms with Crippen molar-refractivity contribution in [1.29, 1.82) is 0 Å². The van der Waals surface area contributed by atoms with Crippen LogP contribution in [-0.4, -0.2) is 51.2 Å². The molecular weight excluding hydrogens is 326 g/mol. The average molecular weight is 355 g/mol. The summed E-state index contributed by atoms with van der Waals surface area (Å²) in [6.45, 7) is 7.18. The lowest BCUT2D eigenvalue weighted by Gasteiger charge is -2.34. The molecule has 6 nitrogen and oxygen atoms in total. The van der Waals surface area contributed by atoms with E-state index < -0.39 is 0 Å². The van der Waals surface area contributed by atoms with Crippen molar-refractivity contribution in [3.05, 3.63) is 48.3 Å². The summed E-state index contributed by atoms with van der Waals surface area (Å²) in [7, 11) is 0. The van der Waals surface area contributed by atoms with Crippen molar-refractivity contribution in [2.45, 2.75) is 57.5 Å². The number of piperidine rings is 1. The van der Waals surface area contributed by atoms with Crippen molar-refractivity contribution >= 4 is 0 Å². The Kier molecular flexibility index (Phi) is 5.62. The van der Waals surface area contributed by atoms with E-state index in [1.54, 1.807) is 0 Å². The number of likely N-dealkylation sites (tertiary alicyclic amines) is 1. The van der Waals surface area contributed by atoms with Crippen LogP contribution in [0.2, 0.25) is 0 Å². The number of hydrogen-bond acceptors (Lipinski definition) is 5. The Balaban J connectivity index is 1.30. The molecule has 2 aromatic rings. The molecule has 0 amide bonds. The summed E-state index contributed by atoms with van der Waals surface area (Å²) in [5, 5.41) is 3.87. The Bertz CT molecular complexity index is 681. The second-order valence-electron chi connectivity index (χ2n) is 7.34. The quantitative estimate of drug-likeness (QED) is 0.862. The molecule has 4 rings (SSSR count). The van der Waals surface area contributed by atoms with Gasteiger partial charge in [-0.15, -0.1) is 0 Å². The third-order valence-electron chi connectivity index (χ3n) is 5.60. The molecular formula is C20H29N5O. The minimum Gasteiger partial charge on any atom is -0.369 e. The molecule has 2 aliphatic heterocycles. The van der Waals surface area contributed by atoms with Crippen LogP contribution in [0.5, 0.6) is 0 Å². The molecule has 2 atom stereocenters. The second kappa shape index (κ2) is 8.29. The number of nitrogens with one attached hydrogen (secondary N) is 1. The van der Waals surface area contributed by atoms with E-state index in [1.807, 2.05) is 30.9 Å². The number of hydrogen-bond donors (Lipinski definition) is 1. The molecule has 0 radical (unpaired) electrons. The van der Waals surface area contributed by atoms with Crippen molar-refractivity contribution in [2.24, 2.45) is 0 Å². The summed E-state index contributed by atoms with van der Waals surface area (Å²) in [5.74, 6) is 1.07. The Hall–Kier alpha value is -1.76. The number of ether oxygens (including phenoxy) is 1. The fraction of sp³-hybridized carbons (Fsp3) is 0.600. The van der Waals surface area contributed by atoms with Gasteiger partial charge in [0.2, 0.25) is 0 Å². The molecule has 26 heavy (non-hydrogen) atoms. The predicted octanol–water partition coefficient (Wildman–Crippen LogP) is 2.38. The van der Waals surface area contributed by atoms with Crippen molar-refractivity contribution in [3.63, 3.8) is 0 Å². The van der Waals surface area contributed by atoms with Crippen LogP contribution in [0.1, 0.15) is 43.7 Å². The summed E-state index contributed by atoms with van der Waals surface area (Å²) in [5.41, 5.74) is 1.30. The van der Waals surface area contributed by atoms with E-state index in [0.29, 0.717) is 12.1 Å². The van der Waals surface area contributed by atoms with Crippen LogP contribution in [0.25, 0.3) is 0 Å².